The van der Waals surface area contributed by atoms with Gasteiger partial charge in [-0.15, -0.1) is 34.8 Å². The quantitative estimate of drug-likeness (QED) is 0.419. The van der Waals surface area contributed by atoms with Gasteiger partial charge in [-0.2, -0.15) is 0 Å². The van der Waals surface area contributed by atoms with Gasteiger partial charge in [0.2, 0.25) is 0 Å². The topological polar surface area (TPSA) is 66.8 Å². The van der Waals surface area contributed by atoms with E-state index in [1.807, 2.05) is 0 Å². The van der Waals surface area contributed by atoms with Crippen LogP contribution in [0.1, 0.15) is 20.3 Å². The van der Waals surface area contributed by atoms with Crippen LogP contribution in [-0.2, 0) is 9.09 Å². The van der Waals surface area contributed by atoms with E-state index in [0.29, 0.717) is 6.42 Å². The predicted octanol–water partition coefficient (Wildman–Crippen LogP) is 2.32. The summed E-state index contributed by atoms with van der Waals surface area (Å²) < 4.78 is 15.0. The van der Waals surface area contributed by atoms with Gasteiger partial charge in [-0.25, -0.2) is 4.57 Å². The third-order valence-electron chi connectivity index (χ3n) is 2.08. The Kier molecular flexibility index (Phi) is 12.3. The second-order valence-electron chi connectivity index (χ2n) is 4.21. The molecule has 0 aromatic heterocycles. The van der Waals surface area contributed by atoms with E-state index in [0.717, 1.165) is 0 Å². The molecule has 0 amide bonds. The third-order valence-corrected chi connectivity index (χ3v) is 4.18. The molecule has 100 valence electrons. The summed E-state index contributed by atoms with van der Waals surface area (Å²) >= 11 is 17.5. The molecule has 0 aliphatic rings. The van der Waals surface area contributed by atoms with Gasteiger partial charge in [-0.1, -0.05) is 13.8 Å². The van der Waals surface area contributed by atoms with Crippen molar-refractivity contribution in [2.45, 2.75) is 31.0 Å². The molecule has 0 aromatic rings. The summed E-state index contributed by atoms with van der Waals surface area (Å²) in [6.07, 6.45) is 0.449. The van der Waals surface area contributed by atoms with Crippen LogP contribution >= 0.6 is 42.6 Å². The number of hydrogen-bond acceptors (Lipinski definition) is 2. The van der Waals surface area contributed by atoms with E-state index in [2.05, 4.69) is 4.52 Å². The van der Waals surface area contributed by atoms with E-state index in [-0.39, 0.29) is 74.6 Å². The Hall–Kier alpha value is 2.62. The molecule has 0 radical (unpaired) electrons. The Balaban J connectivity index is 0. The van der Waals surface area contributed by atoms with Crippen molar-refractivity contribution < 1.29 is 18.9 Å². The Morgan fingerprint density at radius 3 is 2.18 bits per heavy atom. The summed E-state index contributed by atoms with van der Waals surface area (Å²) in [5, 5.41) is -0.640. The molecule has 2 unspecified atom stereocenters. The summed E-state index contributed by atoms with van der Waals surface area (Å²) in [5.41, 5.74) is -0.595. The molecule has 0 saturated carbocycles. The van der Waals surface area contributed by atoms with Crippen molar-refractivity contribution in [1.29, 1.82) is 0 Å². The second-order valence-corrected chi connectivity index (χ2v) is 6.90. The van der Waals surface area contributed by atoms with Crippen molar-refractivity contribution in [3.05, 3.63) is 0 Å². The zero-order valence-corrected chi connectivity index (χ0v) is 12.2. The zero-order valence-electron chi connectivity index (χ0n) is 9.07. The van der Waals surface area contributed by atoms with Crippen molar-refractivity contribution in [3.63, 3.8) is 0 Å². The molecule has 0 bridgehead atoms. The molecule has 2 atom stereocenters. The summed E-state index contributed by atoms with van der Waals surface area (Å²) in [6, 6.07) is 0. The van der Waals surface area contributed by atoms with E-state index in [9.17, 15) is 4.57 Å². The number of hydrogen-bond donors (Lipinski definition) is 2. The maximum atomic E-state index is 10.6. The van der Waals surface area contributed by atoms with Gasteiger partial charge >= 0.3 is 59.2 Å². The Labute approximate surface area is 159 Å². The van der Waals surface area contributed by atoms with Crippen LogP contribution in [0.15, 0.2) is 0 Å². The number of phosphoric ester groups is 1. The van der Waals surface area contributed by atoms with E-state index >= 15 is 0 Å². The normalized spacial score (nSPS) is 16.2. The fraction of sp³-hybridized carbons (Fsp3) is 1.00. The van der Waals surface area contributed by atoms with Crippen LogP contribution < -0.4 is 0 Å². The second kappa shape index (κ2) is 9.53. The van der Waals surface area contributed by atoms with Crippen LogP contribution in [-0.4, -0.2) is 84.4 Å². The van der Waals surface area contributed by atoms with Crippen molar-refractivity contribution in [1.82, 2.24) is 0 Å². The van der Waals surface area contributed by atoms with Gasteiger partial charge in [0.25, 0.3) is 0 Å². The molecule has 0 aromatic carbocycles. The van der Waals surface area contributed by atoms with E-state index in [1.54, 1.807) is 13.8 Å². The van der Waals surface area contributed by atoms with Crippen molar-refractivity contribution in [3.8, 4) is 0 Å². The van der Waals surface area contributed by atoms with Gasteiger partial charge in [0.15, 0.2) is 0 Å². The minimum atomic E-state index is -4.46. The molecule has 4 nitrogen and oxygen atoms in total. The summed E-state index contributed by atoms with van der Waals surface area (Å²) in [7, 11) is -4.46. The molecule has 0 heterocycles. The van der Waals surface area contributed by atoms with Crippen molar-refractivity contribution >= 4 is 94.0 Å². The van der Waals surface area contributed by atoms with Crippen LogP contribution in [0, 0.1) is 5.41 Å². The monoisotopic (exact) mass is 352 g/mol. The molecule has 2 N–H and O–H groups in total. The third kappa shape index (κ3) is 11.0. The molecule has 0 rings (SSSR count). The molecule has 9 heteroatoms. The molecule has 0 aliphatic heterocycles. The molecule has 0 saturated heterocycles. The summed E-state index contributed by atoms with van der Waals surface area (Å²) in [4.78, 5) is 17.2. The first kappa shape index (κ1) is 21.9. The van der Waals surface area contributed by atoms with Crippen molar-refractivity contribution in [2.24, 2.45) is 5.41 Å². The number of rotatable bonds is 7. The Morgan fingerprint density at radius 1 is 1.35 bits per heavy atom. The molecule has 0 aliphatic carbocycles. The summed E-state index contributed by atoms with van der Waals surface area (Å²) in [6.45, 7) is 3.35. The van der Waals surface area contributed by atoms with Gasteiger partial charge in [-0.05, 0) is 6.42 Å². The zero-order chi connectivity index (χ0) is 13.0. The van der Waals surface area contributed by atoms with Gasteiger partial charge in [0, 0.05) is 22.0 Å². The molecule has 17 heavy (non-hydrogen) atoms. The SMILES string of the molecule is CC(C)(COP(=O)(O)O)C(Cl)CC(Cl)CCl.[KH]. The standard InChI is InChI=1S/C8H16Cl3O4P.K.H/c1-8(2,5-15-16(12,13)14)7(11)3-6(10)4-9;;/h6-7H,3-5H2,1-2H3,(H2,12,13,14);;. The summed E-state index contributed by atoms with van der Waals surface area (Å²) in [5.74, 6) is 0.278. The molecule has 0 fully saturated rings. The Morgan fingerprint density at radius 2 is 1.82 bits per heavy atom. The van der Waals surface area contributed by atoms with E-state index < -0.39 is 13.2 Å². The number of alkyl halides is 3. The van der Waals surface area contributed by atoms with Crippen LogP contribution in [0.4, 0.5) is 0 Å². The van der Waals surface area contributed by atoms with Crippen LogP contribution in [0.2, 0.25) is 0 Å². The maximum absolute atomic E-state index is 10.6. The fourth-order valence-electron chi connectivity index (χ4n) is 0.947. The fourth-order valence-corrected chi connectivity index (χ4v) is 2.12. The number of halogens is 3. The first-order chi connectivity index (χ1) is 7.08. The molecular weight excluding hydrogens is 337 g/mol. The first-order valence-corrected chi connectivity index (χ1v) is 7.56. The van der Waals surface area contributed by atoms with Gasteiger partial charge in [0.1, 0.15) is 0 Å². The average molecular weight is 354 g/mol. The molecular formula is C8H17Cl3KO4P. The van der Waals surface area contributed by atoms with Crippen molar-refractivity contribution in [2.75, 3.05) is 12.5 Å². The van der Waals surface area contributed by atoms with Crippen LogP contribution in [0.25, 0.3) is 0 Å². The minimum absolute atomic E-state index is 0. The van der Waals surface area contributed by atoms with Gasteiger partial charge in [0.05, 0.1) is 6.61 Å². The van der Waals surface area contributed by atoms with Crippen LogP contribution in [0.5, 0.6) is 0 Å². The van der Waals surface area contributed by atoms with Crippen LogP contribution in [0.3, 0.4) is 0 Å². The molecule has 0 spiro atoms. The first-order valence-electron chi connectivity index (χ1n) is 4.62. The van der Waals surface area contributed by atoms with E-state index in [4.69, 9.17) is 44.6 Å². The number of phosphoric acid groups is 1. The predicted molar refractivity (Wildman–Crippen MR) is 73.5 cm³/mol. The van der Waals surface area contributed by atoms with Gasteiger partial charge in [-0.3, -0.25) is 4.52 Å². The average Bonchev–Trinajstić information content (AvgIpc) is 2.13. The van der Waals surface area contributed by atoms with Gasteiger partial charge < -0.3 is 9.79 Å². The van der Waals surface area contributed by atoms with E-state index in [1.165, 1.54) is 0 Å². The Bertz CT molecular complexity index is 261.